The van der Waals surface area contributed by atoms with Crippen LogP contribution in [0.3, 0.4) is 0 Å². The van der Waals surface area contributed by atoms with Gasteiger partial charge in [0, 0.05) is 13.0 Å². The number of carbonyl (C=O) groups excluding carboxylic acids is 1. The van der Waals surface area contributed by atoms with Crippen LogP contribution in [-0.4, -0.2) is 40.3 Å². The number of aryl methyl sites for hydroxylation is 2. The Morgan fingerprint density at radius 3 is 2.27 bits per heavy atom. The number of benzene rings is 1. The van der Waals surface area contributed by atoms with Gasteiger partial charge in [0.1, 0.15) is 11.6 Å². The summed E-state index contributed by atoms with van der Waals surface area (Å²) in [6.07, 6.45) is 2.73. The van der Waals surface area contributed by atoms with Crippen molar-refractivity contribution in [2.45, 2.75) is 85.3 Å². The van der Waals surface area contributed by atoms with E-state index in [1.54, 1.807) is 20.8 Å². The van der Waals surface area contributed by atoms with Crippen LogP contribution in [0.5, 0.6) is 0 Å². The number of hydrogen-bond acceptors (Lipinski definition) is 4. The predicted molar refractivity (Wildman–Crippen MR) is 126 cm³/mol. The zero-order valence-electron chi connectivity index (χ0n) is 19.2. The van der Waals surface area contributed by atoms with Crippen molar-refractivity contribution >= 4 is 29.3 Å². The largest absolute Gasteiger partial charge is 0.480 e. The van der Waals surface area contributed by atoms with E-state index in [2.05, 4.69) is 41.8 Å². The molecule has 1 unspecified atom stereocenters. The fourth-order valence-corrected chi connectivity index (χ4v) is 2.71. The fraction of sp³-hybridized carbons (Fsp3) is 0.609. The molecule has 1 atom stereocenters. The number of nitrogens with one attached hydrogen (secondary N) is 2. The predicted octanol–water partition coefficient (Wildman–Crippen LogP) is 5.02. The van der Waals surface area contributed by atoms with E-state index in [-0.39, 0.29) is 0 Å². The molecule has 3 N–H and O–H groups in total. The molecule has 0 aromatic heterocycles. The number of aliphatic carboxylic acids is 1. The van der Waals surface area contributed by atoms with E-state index in [4.69, 9.17) is 17.0 Å². The van der Waals surface area contributed by atoms with Crippen LogP contribution in [0.25, 0.3) is 0 Å². The van der Waals surface area contributed by atoms with E-state index in [9.17, 15) is 14.7 Å². The highest BCUT2D eigenvalue weighted by Gasteiger charge is 2.23. The highest BCUT2D eigenvalue weighted by atomic mass is 32.1. The number of carboxylic acids is 1. The monoisotopic (exact) mass is 438 g/mol. The molecular weight excluding hydrogens is 400 g/mol. The van der Waals surface area contributed by atoms with Crippen molar-refractivity contribution in [1.82, 2.24) is 10.6 Å². The topological polar surface area (TPSA) is 87.7 Å². The molecule has 0 bridgehead atoms. The molecule has 6 nitrogen and oxygen atoms in total. The standard InChI is InChI=1S/C21H32N2O4S.C2H6/c1-15-8-10-16(11-9-15)12-13-18(28)22-14-6-5-7-17(19(24)25)23-20(26)27-21(2,3)4;1-2/h8-11,17H,5-7,12-14H2,1-4H3,(H,22,28)(H,23,26)(H,24,25);1-2H3. The fourth-order valence-electron chi connectivity index (χ4n) is 2.51. The van der Waals surface area contributed by atoms with Crippen LogP contribution in [0.15, 0.2) is 24.3 Å². The SMILES string of the molecule is CC.Cc1ccc(CCC(=S)NCCCCC(NC(=O)OC(C)(C)C)C(=O)O)cc1. The Bertz CT molecular complexity index is 654. The van der Waals surface area contributed by atoms with Crippen LogP contribution in [0.1, 0.15) is 71.4 Å². The van der Waals surface area contributed by atoms with Crippen LogP contribution >= 0.6 is 12.2 Å². The third-order valence-corrected chi connectivity index (χ3v) is 4.34. The minimum Gasteiger partial charge on any atom is -0.480 e. The molecule has 1 aromatic carbocycles. The molecule has 0 saturated carbocycles. The average molecular weight is 439 g/mol. The van der Waals surface area contributed by atoms with Gasteiger partial charge in [-0.05, 0) is 58.9 Å². The van der Waals surface area contributed by atoms with Crippen molar-refractivity contribution in [1.29, 1.82) is 0 Å². The molecule has 7 heteroatoms. The molecule has 1 amide bonds. The lowest BCUT2D eigenvalue weighted by Gasteiger charge is -2.22. The molecule has 0 heterocycles. The third-order valence-electron chi connectivity index (χ3n) is 3.99. The van der Waals surface area contributed by atoms with Gasteiger partial charge in [0.25, 0.3) is 0 Å². The minimum absolute atomic E-state index is 0.340. The van der Waals surface area contributed by atoms with Crippen molar-refractivity contribution in [3.63, 3.8) is 0 Å². The summed E-state index contributed by atoms with van der Waals surface area (Å²) in [5.41, 5.74) is 1.84. The van der Waals surface area contributed by atoms with Crippen LogP contribution < -0.4 is 10.6 Å². The number of amides is 1. The number of thiocarbonyl (C=S) groups is 1. The van der Waals surface area contributed by atoms with Gasteiger partial charge in [0.15, 0.2) is 0 Å². The first-order chi connectivity index (χ1) is 14.1. The Balaban J connectivity index is 0.00000407. The first-order valence-electron chi connectivity index (χ1n) is 10.6. The Morgan fingerprint density at radius 1 is 1.13 bits per heavy atom. The second-order valence-corrected chi connectivity index (χ2v) is 8.36. The van der Waals surface area contributed by atoms with Gasteiger partial charge in [-0.3, -0.25) is 0 Å². The highest BCUT2D eigenvalue weighted by molar-refractivity contribution is 7.80. The minimum atomic E-state index is -1.06. The molecule has 0 aliphatic rings. The van der Waals surface area contributed by atoms with E-state index in [0.717, 1.165) is 24.3 Å². The number of carbonyl (C=O) groups is 2. The van der Waals surface area contributed by atoms with Crippen LogP contribution in [0.2, 0.25) is 0 Å². The lowest BCUT2D eigenvalue weighted by atomic mass is 10.1. The van der Waals surface area contributed by atoms with Gasteiger partial charge in [-0.1, -0.05) is 55.9 Å². The molecule has 1 rings (SSSR count). The smallest absolute Gasteiger partial charge is 0.408 e. The van der Waals surface area contributed by atoms with Gasteiger partial charge in [-0.25, -0.2) is 9.59 Å². The number of carboxylic acid groups (broad SMARTS) is 1. The summed E-state index contributed by atoms with van der Waals surface area (Å²) in [6.45, 7) is 11.9. The molecule has 170 valence electrons. The normalized spacial score (nSPS) is 11.5. The van der Waals surface area contributed by atoms with E-state index in [1.165, 1.54) is 11.1 Å². The number of unbranched alkanes of at least 4 members (excludes halogenated alkanes) is 1. The highest BCUT2D eigenvalue weighted by Crippen LogP contribution is 2.09. The third kappa shape index (κ3) is 13.9. The zero-order valence-corrected chi connectivity index (χ0v) is 20.0. The molecule has 0 aliphatic carbocycles. The maximum absolute atomic E-state index is 11.7. The molecule has 0 aliphatic heterocycles. The van der Waals surface area contributed by atoms with E-state index in [0.29, 0.717) is 19.4 Å². The summed E-state index contributed by atoms with van der Waals surface area (Å²) < 4.78 is 5.10. The van der Waals surface area contributed by atoms with Crippen molar-refractivity contribution in [2.24, 2.45) is 0 Å². The molecule has 0 saturated heterocycles. The van der Waals surface area contributed by atoms with Crippen LogP contribution in [0, 0.1) is 6.92 Å². The maximum Gasteiger partial charge on any atom is 0.408 e. The van der Waals surface area contributed by atoms with Gasteiger partial charge >= 0.3 is 12.1 Å². The summed E-state index contributed by atoms with van der Waals surface area (Å²) in [6, 6.07) is 7.46. The molecule has 1 aromatic rings. The number of rotatable bonds is 10. The van der Waals surface area contributed by atoms with Gasteiger partial charge in [0.2, 0.25) is 0 Å². The lowest BCUT2D eigenvalue weighted by Crippen LogP contribution is -2.43. The van der Waals surface area contributed by atoms with Crippen molar-refractivity contribution < 1.29 is 19.4 Å². The summed E-state index contributed by atoms with van der Waals surface area (Å²) in [5.74, 6) is -1.06. The average Bonchev–Trinajstić information content (AvgIpc) is 2.66. The summed E-state index contributed by atoms with van der Waals surface area (Å²) in [5, 5.41) is 14.9. The molecule has 0 spiro atoms. The summed E-state index contributed by atoms with van der Waals surface area (Å²) in [4.78, 5) is 23.8. The maximum atomic E-state index is 11.7. The second-order valence-electron chi connectivity index (χ2n) is 7.87. The van der Waals surface area contributed by atoms with Crippen molar-refractivity contribution in [3.05, 3.63) is 35.4 Å². The van der Waals surface area contributed by atoms with Crippen molar-refractivity contribution in [2.75, 3.05) is 6.54 Å². The molecule has 0 fully saturated rings. The van der Waals surface area contributed by atoms with Gasteiger partial charge in [-0.2, -0.15) is 0 Å². The second kappa shape index (κ2) is 14.8. The first-order valence-corrected chi connectivity index (χ1v) is 11.0. The Kier molecular flexibility index (Phi) is 13.7. The quantitative estimate of drug-likeness (QED) is 0.351. The Hall–Kier alpha value is -2.15. The summed E-state index contributed by atoms with van der Waals surface area (Å²) >= 11 is 5.35. The molecule has 30 heavy (non-hydrogen) atoms. The summed E-state index contributed by atoms with van der Waals surface area (Å²) in [7, 11) is 0. The lowest BCUT2D eigenvalue weighted by molar-refractivity contribution is -0.139. The van der Waals surface area contributed by atoms with E-state index >= 15 is 0 Å². The van der Waals surface area contributed by atoms with E-state index < -0.39 is 23.7 Å². The van der Waals surface area contributed by atoms with Crippen LogP contribution in [0.4, 0.5) is 4.79 Å². The number of alkyl carbamates (subject to hydrolysis) is 1. The van der Waals surface area contributed by atoms with Gasteiger partial charge in [-0.15, -0.1) is 0 Å². The molecular formula is C23H38N2O4S. The van der Waals surface area contributed by atoms with E-state index in [1.807, 2.05) is 13.8 Å². The molecule has 0 radical (unpaired) electrons. The Morgan fingerprint density at radius 2 is 1.73 bits per heavy atom. The van der Waals surface area contributed by atoms with Crippen LogP contribution in [-0.2, 0) is 16.0 Å². The Labute approximate surface area is 186 Å². The number of hydrogen-bond donors (Lipinski definition) is 3. The van der Waals surface area contributed by atoms with Gasteiger partial charge < -0.3 is 20.5 Å². The van der Waals surface area contributed by atoms with Crippen molar-refractivity contribution in [3.8, 4) is 0 Å². The first kappa shape index (κ1) is 27.8. The van der Waals surface area contributed by atoms with Gasteiger partial charge in [0.05, 0.1) is 4.99 Å². The zero-order chi connectivity index (χ0) is 23.2. The number of ether oxygens (including phenoxy) is 1.